The Morgan fingerprint density at radius 1 is 1.07 bits per heavy atom. The third-order valence-corrected chi connectivity index (χ3v) is 6.96. The Balaban J connectivity index is 1.50. The van der Waals surface area contributed by atoms with E-state index >= 15 is 0 Å². The maximum atomic E-state index is 13.1. The molecule has 0 saturated carbocycles. The number of anilines is 2. The first kappa shape index (κ1) is 20.1. The van der Waals surface area contributed by atoms with E-state index in [1.54, 1.807) is 11.3 Å². The van der Waals surface area contributed by atoms with Gasteiger partial charge in [0, 0.05) is 36.7 Å². The fourth-order valence-electron chi connectivity index (χ4n) is 4.01. The molecule has 0 bridgehead atoms. The summed E-state index contributed by atoms with van der Waals surface area (Å²) in [6.07, 6.45) is 2.96. The van der Waals surface area contributed by atoms with Crippen LogP contribution >= 0.6 is 11.3 Å². The molecule has 1 aromatic carbocycles. The van der Waals surface area contributed by atoms with E-state index in [0.717, 1.165) is 62.3 Å². The van der Waals surface area contributed by atoms with Crippen molar-refractivity contribution in [2.24, 2.45) is 0 Å². The molecule has 2 aromatic rings. The predicted octanol–water partition coefficient (Wildman–Crippen LogP) is 2.98. The van der Waals surface area contributed by atoms with E-state index in [2.05, 4.69) is 27.5 Å². The van der Waals surface area contributed by atoms with Crippen LogP contribution in [0, 0.1) is 6.92 Å². The molecular formula is C22H28N4O2S. The van der Waals surface area contributed by atoms with E-state index < -0.39 is 0 Å². The molecule has 7 heteroatoms. The largest absolute Gasteiger partial charge is 0.322 e. The van der Waals surface area contributed by atoms with Crippen LogP contribution in [-0.2, 0) is 17.6 Å². The summed E-state index contributed by atoms with van der Waals surface area (Å²) in [6, 6.07) is 7.76. The van der Waals surface area contributed by atoms with Gasteiger partial charge in [-0.25, -0.2) is 0 Å². The van der Waals surface area contributed by atoms with Crippen molar-refractivity contribution in [1.82, 2.24) is 9.80 Å². The lowest BCUT2D eigenvalue weighted by Gasteiger charge is -2.31. The standard InChI is InChI=1S/C22H28N4O2S/c1-15-6-3-4-8-17(15)23-21(28)20-16-7-5-9-18(16)29-22(20)24-19(27)14-26-12-10-25(2)11-13-26/h3-4,6,8H,5,7,9-14H2,1-2H3,(H,23,28)(H,24,27). The third kappa shape index (κ3) is 4.52. The van der Waals surface area contributed by atoms with Gasteiger partial charge in [0.25, 0.3) is 5.91 Å². The van der Waals surface area contributed by atoms with Gasteiger partial charge in [-0.15, -0.1) is 11.3 Å². The molecule has 4 rings (SSSR count). The monoisotopic (exact) mass is 412 g/mol. The highest BCUT2D eigenvalue weighted by Gasteiger charge is 2.28. The molecule has 1 fully saturated rings. The first-order valence-corrected chi connectivity index (χ1v) is 11.0. The Morgan fingerprint density at radius 3 is 2.59 bits per heavy atom. The molecule has 0 atom stereocenters. The molecule has 0 radical (unpaired) electrons. The second kappa shape index (κ2) is 8.65. The van der Waals surface area contributed by atoms with Gasteiger partial charge in [0.1, 0.15) is 5.00 Å². The van der Waals surface area contributed by atoms with Crippen LogP contribution in [0.25, 0.3) is 0 Å². The highest BCUT2D eigenvalue weighted by Crippen LogP contribution is 2.39. The summed E-state index contributed by atoms with van der Waals surface area (Å²) in [5.41, 5.74) is 3.59. The van der Waals surface area contributed by atoms with E-state index in [-0.39, 0.29) is 11.8 Å². The number of benzene rings is 1. The predicted molar refractivity (Wildman–Crippen MR) is 118 cm³/mol. The van der Waals surface area contributed by atoms with Crippen molar-refractivity contribution in [2.45, 2.75) is 26.2 Å². The minimum atomic E-state index is -0.131. The Bertz CT molecular complexity index is 916. The van der Waals surface area contributed by atoms with Crippen LogP contribution in [0.4, 0.5) is 10.7 Å². The van der Waals surface area contributed by atoms with Crippen LogP contribution in [0.2, 0.25) is 0 Å². The summed E-state index contributed by atoms with van der Waals surface area (Å²) in [4.78, 5) is 31.5. The number of likely N-dealkylation sites (N-methyl/N-ethyl adjacent to an activating group) is 1. The van der Waals surface area contributed by atoms with Gasteiger partial charge in [-0.05, 0) is 50.4 Å². The third-order valence-electron chi connectivity index (χ3n) is 5.76. The number of hydrogen-bond donors (Lipinski definition) is 2. The van der Waals surface area contributed by atoms with Crippen molar-refractivity contribution in [2.75, 3.05) is 50.4 Å². The smallest absolute Gasteiger partial charge is 0.258 e. The van der Waals surface area contributed by atoms with Crippen LogP contribution in [-0.4, -0.2) is 61.4 Å². The SMILES string of the molecule is Cc1ccccc1NC(=O)c1c(NC(=O)CN2CCN(C)CC2)sc2c1CCC2. The molecule has 1 aliphatic carbocycles. The second-order valence-electron chi connectivity index (χ2n) is 7.96. The number of carbonyl (C=O) groups excluding carboxylic acids is 2. The number of amides is 2. The maximum Gasteiger partial charge on any atom is 0.258 e. The zero-order valence-corrected chi connectivity index (χ0v) is 17.9. The first-order chi connectivity index (χ1) is 14.0. The molecule has 2 amide bonds. The lowest BCUT2D eigenvalue weighted by molar-refractivity contribution is -0.117. The molecule has 6 nitrogen and oxygen atoms in total. The minimum Gasteiger partial charge on any atom is -0.322 e. The lowest BCUT2D eigenvalue weighted by Crippen LogP contribution is -2.47. The van der Waals surface area contributed by atoms with Crippen molar-refractivity contribution in [1.29, 1.82) is 0 Å². The van der Waals surface area contributed by atoms with Gasteiger partial charge in [0.05, 0.1) is 12.1 Å². The number of para-hydroxylation sites is 1. The van der Waals surface area contributed by atoms with E-state index in [1.807, 2.05) is 31.2 Å². The topological polar surface area (TPSA) is 64.7 Å². The van der Waals surface area contributed by atoms with Gasteiger partial charge in [-0.2, -0.15) is 0 Å². The zero-order chi connectivity index (χ0) is 20.4. The van der Waals surface area contributed by atoms with Crippen molar-refractivity contribution in [3.63, 3.8) is 0 Å². The molecule has 0 unspecified atom stereocenters. The minimum absolute atomic E-state index is 0.0422. The number of hydrogen-bond acceptors (Lipinski definition) is 5. The van der Waals surface area contributed by atoms with Crippen LogP contribution in [0.15, 0.2) is 24.3 Å². The summed E-state index contributed by atoms with van der Waals surface area (Å²) >= 11 is 1.56. The van der Waals surface area contributed by atoms with Gasteiger partial charge < -0.3 is 15.5 Å². The average Bonchev–Trinajstić information content (AvgIpc) is 3.26. The van der Waals surface area contributed by atoms with Crippen LogP contribution in [0.3, 0.4) is 0 Å². The number of rotatable bonds is 5. The molecular weight excluding hydrogens is 384 g/mol. The summed E-state index contributed by atoms with van der Waals surface area (Å²) in [7, 11) is 2.10. The Labute approximate surface area is 175 Å². The molecule has 1 aromatic heterocycles. The van der Waals surface area contributed by atoms with Crippen LogP contribution in [0.5, 0.6) is 0 Å². The van der Waals surface area contributed by atoms with Gasteiger partial charge in [-0.1, -0.05) is 18.2 Å². The normalized spacial score (nSPS) is 17.2. The number of fused-ring (bicyclic) bond motifs is 1. The van der Waals surface area contributed by atoms with Crippen LogP contribution < -0.4 is 10.6 Å². The van der Waals surface area contributed by atoms with E-state index in [0.29, 0.717) is 17.1 Å². The molecule has 2 heterocycles. The van der Waals surface area contributed by atoms with Crippen LogP contribution in [0.1, 0.15) is 32.8 Å². The fourth-order valence-corrected chi connectivity index (χ4v) is 5.31. The quantitative estimate of drug-likeness (QED) is 0.793. The molecule has 154 valence electrons. The zero-order valence-electron chi connectivity index (χ0n) is 17.1. The molecule has 1 aliphatic heterocycles. The molecule has 2 aliphatic rings. The Morgan fingerprint density at radius 2 is 1.83 bits per heavy atom. The van der Waals surface area contributed by atoms with Gasteiger partial charge in [0.15, 0.2) is 0 Å². The van der Waals surface area contributed by atoms with E-state index in [1.165, 1.54) is 4.88 Å². The Kier molecular flexibility index (Phi) is 5.99. The number of carbonyl (C=O) groups is 2. The van der Waals surface area contributed by atoms with Crippen molar-refractivity contribution < 1.29 is 9.59 Å². The second-order valence-corrected chi connectivity index (χ2v) is 9.06. The van der Waals surface area contributed by atoms with Crippen molar-refractivity contribution in [3.8, 4) is 0 Å². The van der Waals surface area contributed by atoms with Gasteiger partial charge in [-0.3, -0.25) is 14.5 Å². The lowest BCUT2D eigenvalue weighted by atomic mass is 10.1. The summed E-state index contributed by atoms with van der Waals surface area (Å²) in [5.74, 6) is -0.173. The molecule has 2 N–H and O–H groups in total. The van der Waals surface area contributed by atoms with Gasteiger partial charge >= 0.3 is 0 Å². The Hall–Kier alpha value is -2.22. The molecule has 29 heavy (non-hydrogen) atoms. The summed E-state index contributed by atoms with van der Waals surface area (Å²) in [5, 5.41) is 6.78. The number of thiophene rings is 1. The van der Waals surface area contributed by atoms with E-state index in [4.69, 9.17) is 0 Å². The fraction of sp³-hybridized carbons (Fsp3) is 0.455. The molecule has 0 spiro atoms. The van der Waals surface area contributed by atoms with E-state index in [9.17, 15) is 9.59 Å². The highest BCUT2D eigenvalue weighted by atomic mass is 32.1. The maximum absolute atomic E-state index is 13.1. The molecule has 1 saturated heterocycles. The summed E-state index contributed by atoms with van der Waals surface area (Å²) < 4.78 is 0. The average molecular weight is 413 g/mol. The number of piperazine rings is 1. The highest BCUT2D eigenvalue weighted by molar-refractivity contribution is 7.17. The van der Waals surface area contributed by atoms with Gasteiger partial charge in [0.2, 0.25) is 5.91 Å². The van der Waals surface area contributed by atoms with Crippen molar-refractivity contribution in [3.05, 3.63) is 45.8 Å². The van der Waals surface area contributed by atoms with Crippen molar-refractivity contribution >= 4 is 33.8 Å². The first-order valence-electron chi connectivity index (χ1n) is 10.2. The summed E-state index contributed by atoms with van der Waals surface area (Å²) in [6.45, 7) is 6.09. The number of nitrogens with zero attached hydrogens (tertiary/aromatic N) is 2. The number of nitrogens with one attached hydrogen (secondary N) is 2. The number of aryl methyl sites for hydroxylation is 2.